The fourth-order valence-electron chi connectivity index (χ4n) is 1.89. The van der Waals surface area contributed by atoms with E-state index >= 15 is 0 Å². The van der Waals surface area contributed by atoms with Crippen LogP contribution in [0.4, 0.5) is 11.4 Å². The minimum Gasteiger partial charge on any atom is -0.291 e. The Balaban J connectivity index is 2.16. The van der Waals surface area contributed by atoms with Crippen LogP contribution in [0.1, 0.15) is 5.56 Å². The summed E-state index contributed by atoms with van der Waals surface area (Å²) < 4.78 is 27.0. The number of hydrogen-bond donors (Lipinski definition) is 0. The van der Waals surface area contributed by atoms with E-state index in [4.69, 9.17) is 11.6 Å². The summed E-state index contributed by atoms with van der Waals surface area (Å²) in [7, 11) is -1.70. The molecule has 0 aliphatic carbocycles. The van der Waals surface area contributed by atoms with E-state index in [0.29, 0.717) is 10.7 Å². The second-order valence-electron chi connectivity index (χ2n) is 5.13. The molecule has 5 nitrogen and oxygen atoms in total. The zero-order valence-electron chi connectivity index (χ0n) is 13.5. The van der Waals surface area contributed by atoms with E-state index in [-0.39, 0.29) is 0 Å². The van der Waals surface area contributed by atoms with E-state index in [1.165, 1.54) is 9.97 Å². The fourth-order valence-corrected chi connectivity index (χ4v) is 3.96. The fraction of sp³-hybridized carbons (Fsp3) is 0.188. The maximum Gasteiger partial charge on any atom is 0.243 e. The number of aryl methyl sites for hydroxylation is 1. The van der Waals surface area contributed by atoms with E-state index < -0.39 is 10.0 Å². The van der Waals surface area contributed by atoms with E-state index in [9.17, 15) is 8.42 Å². The number of anilines is 1. The van der Waals surface area contributed by atoms with Crippen molar-refractivity contribution in [2.45, 2.75) is 6.92 Å². The van der Waals surface area contributed by atoms with E-state index in [0.717, 1.165) is 23.4 Å². The lowest BCUT2D eigenvalue weighted by Gasteiger charge is -2.24. The molecule has 0 spiro atoms. The average molecular weight is 384 g/mol. The summed E-state index contributed by atoms with van der Waals surface area (Å²) in [5.41, 5.74) is 2.30. The SMILES string of the molecule is Cc1cc(Cl)ccc1/N=C/N(C)SN(c1ccccc1)S(C)(=O)=O. The van der Waals surface area contributed by atoms with Crippen molar-refractivity contribution in [1.82, 2.24) is 4.31 Å². The van der Waals surface area contributed by atoms with Crippen molar-refractivity contribution >= 4 is 51.5 Å². The summed E-state index contributed by atoms with van der Waals surface area (Å²) in [4.78, 5) is 4.38. The molecule has 128 valence electrons. The van der Waals surface area contributed by atoms with Crippen LogP contribution in [0.3, 0.4) is 0 Å². The van der Waals surface area contributed by atoms with Crippen LogP contribution < -0.4 is 3.71 Å². The highest BCUT2D eigenvalue weighted by molar-refractivity contribution is 8.13. The molecule has 0 aliphatic heterocycles. The summed E-state index contributed by atoms with van der Waals surface area (Å²) >= 11 is 6.96. The Morgan fingerprint density at radius 3 is 2.42 bits per heavy atom. The molecule has 2 rings (SSSR count). The van der Waals surface area contributed by atoms with Crippen LogP contribution in [-0.4, -0.2) is 32.4 Å². The molecule has 0 aliphatic rings. The standard InChI is InChI=1S/C16H18ClN3O2S2/c1-13-11-14(17)9-10-16(13)18-12-19(2)23-20(24(3,21)22)15-7-5-4-6-8-15/h4-12H,1-3H3/b18-12+. The zero-order valence-corrected chi connectivity index (χ0v) is 15.9. The number of rotatable bonds is 6. The molecule has 0 N–H and O–H groups in total. The second-order valence-corrected chi connectivity index (χ2v) is 8.73. The van der Waals surface area contributed by atoms with E-state index in [1.54, 1.807) is 48.0 Å². The van der Waals surface area contributed by atoms with Gasteiger partial charge in [0.05, 0.1) is 29.8 Å². The monoisotopic (exact) mass is 383 g/mol. The first kappa shape index (κ1) is 18.6. The molecule has 2 aromatic carbocycles. The van der Waals surface area contributed by atoms with Crippen molar-refractivity contribution in [3.8, 4) is 0 Å². The molecule has 0 aromatic heterocycles. The number of sulfonamides is 1. The molecule has 8 heteroatoms. The van der Waals surface area contributed by atoms with Crippen LogP contribution in [-0.2, 0) is 10.0 Å². The predicted octanol–water partition coefficient (Wildman–Crippen LogP) is 4.27. The molecule has 0 amide bonds. The number of nitrogens with zero attached hydrogens (tertiary/aromatic N) is 3. The summed E-state index contributed by atoms with van der Waals surface area (Å²) in [6.07, 6.45) is 2.74. The molecule has 0 bridgehead atoms. The van der Waals surface area contributed by atoms with E-state index in [1.807, 2.05) is 25.1 Å². The van der Waals surface area contributed by atoms with Gasteiger partial charge in [-0.25, -0.2) is 13.4 Å². The summed E-state index contributed by atoms with van der Waals surface area (Å²) in [5.74, 6) is 0. The Morgan fingerprint density at radius 2 is 1.83 bits per heavy atom. The van der Waals surface area contributed by atoms with Gasteiger partial charge < -0.3 is 0 Å². The van der Waals surface area contributed by atoms with Gasteiger partial charge in [-0.3, -0.25) is 4.31 Å². The van der Waals surface area contributed by atoms with E-state index in [2.05, 4.69) is 4.99 Å². The van der Waals surface area contributed by atoms with Crippen molar-refractivity contribution in [3.63, 3.8) is 0 Å². The van der Waals surface area contributed by atoms with Gasteiger partial charge in [0.25, 0.3) is 0 Å². The molecule has 0 saturated carbocycles. The van der Waals surface area contributed by atoms with Gasteiger partial charge in [0.1, 0.15) is 6.34 Å². The minimum atomic E-state index is -3.43. The molecule has 24 heavy (non-hydrogen) atoms. The maximum absolute atomic E-state index is 12.1. The predicted molar refractivity (Wildman–Crippen MR) is 103 cm³/mol. The van der Waals surface area contributed by atoms with Gasteiger partial charge in [-0.1, -0.05) is 29.8 Å². The third-order valence-electron chi connectivity index (χ3n) is 2.99. The van der Waals surface area contributed by atoms with Crippen LogP contribution in [0.2, 0.25) is 5.02 Å². The van der Waals surface area contributed by atoms with Gasteiger partial charge >= 0.3 is 0 Å². The molecular weight excluding hydrogens is 366 g/mol. The van der Waals surface area contributed by atoms with Crippen LogP contribution in [0.25, 0.3) is 0 Å². The van der Waals surface area contributed by atoms with Gasteiger partial charge in [0, 0.05) is 12.1 Å². The van der Waals surface area contributed by atoms with Gasteiger partial charge in [-0.15, -0.1) is 0 Å². The Hall–Kier alpha value is -1.70. The quantitative estimate of drug-likeness (QED) is 0.424. The first-order chi connectivity index (χ1) is 11.3. The number of benzene rings is 2. The highest BCUT2D eigenvalue weighted by atomic mass is 35.5. The van der Waals surface area contributed by atoms with Gasteiger partial charge in [-0.05, 0) is 42.8 Å². The highest BCUT2D eigenvalue weighted by Crippen LogP contribution is 2.27. The molecule has 0 saturated heterocycles. The highest BCUT2D eigenvalue weighted by Gasteiger charge is 2.19. The number of hydrogen-bond acceptors (Lipinski definition) is 4. The third kappa shape index (κ3) is 5.15. The van der Waals surface area contributed by atoms with Crippen LogP contribution in [0.5, 0.6) is 0 Å². The second kappa shape index (κ2) is 7.92. The first-order valence-electron chi connectivity index (χ1n) is 7.04. The third-order valence-corrected chi connectivity index (χ3v) is 5.76. The topological polar surface area (TPSA) is 53.0 Å². The smallest absolute Gasteiger partial charge is 0.243 e. The van der Waals surface area contributed by atoms with Crippen LogP contribution >= 0.6 is 23.7 Å². The van der Waals surface area contributed by atoms with Gasteiger partial charge in [-0.2, -0.15) is 3.71 Å². The van der Waals surface area contributed by atoms with Crippen LogP contribution in [0.15, 0.2) is 53.5 Å². The van der Waals surface area contributed by atoms with Crippen molar-refractivity contribution in [3.05, 3.63) is 59.1 Å². The largest absolute Gasteiger partial charge is 0.291 e. The minimum absolute atomic E-state index is 0.577. The zero-order chi connectivity index (χ0) is 17.7. The maximum atomic E-state index is 12.1. The summed E-state index contributed by atoms with van der Waals surface area (Å²) in [6, 6.07) is 14.3. The average Bonchev–Trinajstić information content (AvgIpc) is 2.51. The lowest BCUT2D eigenvalue weighted by molar-refractivity contribution is 0.603. The van der Waals surface area contributed by atoms with Crippen molar-refractivity contribution in [1.29, 1.82) is 0 Å². The molecule has 0 fully saturated rings. The number of aliphatic imine (C=N–C) groups is 1. The molecular formula is C16H18ClN3O2S2. The summed E-state index contributed by atoms with van der Waals surface area (Å²) in [5, 5.41) is 0.654. The number of halogens is 1. The summed E-state index contributed by atoms with van der Waals surface area (Å²) in [6.45, 7) is 1.92. The molecule has 0 heterocycles. The molecule has 0 radical (unpaired) electrons. The lowest BCUT2D eigenvalue weighted by atomic mass is 10.2. The Labute approximate surface area is 152 Å². The Morgan fingerprint density at radius 1 is 1.17 bits per heavy atom. The van der Waals surface area contributed by atoms with Crippen molar-refractivity contribution in [2.24, 2.45) is 4.99 Å². The van der Waals surface area contributed by atoms with Gasteiger partial charge in [0.2, 0.25) is 10.0 Å². The van der Waals surface area contributed by atoms with Gasteiger partial charge in [0.15, 0.2) is 0 Å². The molecule has 0 atom stereocenters. The lowest BCUT2D eigenvalue weighted by Crippen LogP contribution is -2.27. The first-order valence-corrected chi connectivity index (χ1v) is 9.99. The normalized spacial score (nSPS) is 11.7. The Bertz CT molecular complexity index is 826. The number of para-hydroxylation sites is 1. The molecule has 0 unspecified atom stereocenters. The molecule has 2 aromatic rings. The van der Waals surface area contributed by atoms with Crippen LogP contribution in [0, 0.1) is 6.92 Å². The van der Waals surface area contributed by atoms with Crippen molar-refractivity contribution in [2.75, 3.05) is 17.0 Å². The van der Waals surface area contributed by atoms with Crippen molar-refractivity contribution < 1.29 is 8.42 Å². The Kier molecular flexibility index (Phi) is 6.15.